The van der Waals surface area contributed by atoms with Crippen LogP contribution in [0, 0.1) is 14.9 Å². The van der Waals surface area contributed by atoms with Gasteiger partial charge in [-0.05, 0) is 46.0 Å². The van der Waals surface area contributed by atoms with Crippen molar-refractivity contribution in [3.8, 4) is 6.07 Å². The molecule has 10 heteroatoms. The zero-order valence-corrected chi connectivity index (χ0v) is 12.3. The first-order chi connectivity index (χ1) is 9.91. The number of anilines is 1. The number of alkyl halides is 3. The maximum absolute atomic E-state index is 12.8. The summed E-state index contributed by atoms with van der Waals surface area (Å²) in [5, 5.41) is 24.3. The number of halogens is 4. The third-order valence-electron chi connectivity index (χ3n) is 2.36. The number of rotatable bonds is 3. The Bertz CT molecular complexity index is 702. The molecule has 0 saturated carbocycles. The fraction of sp³-hybridized carbons (Fsp3) is 0.0909. The lowest BCUT2D eigenvalue weighted by Crippen LogP contribution is -2.08. The van der Waals surface area contributed by atoms with Gasteiger partial charge in [-0.2, -0.15) is 23.6 Å². The first-order valence-electron chi connectivity index (χ1n) is 5.39. The molecule has 1 aromatic carbocycles. The third kappa shape index (κ3) is 3.69. The van der Waals surface area contributed by atoms with Gasteiger partial charge in [-0.15, -0.1) is 10.2 Å². The van der Waals surface area contributed by atoms with Crippen molar-refractivity contribution in [2.24, 2.45) is 0 Å². The Morgan fingerprint density at radius 1 is 1.43 bits per heavy atom. The molecule has 0 aliphatic heterocycles. The fourth-order valence-electron chi connectivity index (χ4n) is 1.41. The highest BCUT2D eigenvalue weighted by Crippen LogP contribution is 2.34. The summed E-state index contributed by atoms with van der Waals surface area (Å²) in [5.74, 6) is 0.0477. The van der Waals surface area contributed by atoms with Crippen molar-refractivity contribution in [2.45, 2.75) is 6.18 Å². The van der Waals surface area contributed by atoms with Crippen LogP contribution < -0.4 is 5.32 Å². The molecule has 2 N–H and O–H groups in total. The first-order valence-corrected chi connectivity index (χ1v) is 6.47. The van der Waals surface area contributed by atoms with Crippen LogP contribution in [0.2, 0.25) is 0 Å². The maximum atomic E-state index is 12.8. The SMILES string of the molecule is N#CC(=CNc1ccc(I)c(C(F)(F)F)c1)c1nn[nH]n1. The molecule has 0 aliphatic rings. The molecule has 0 unspecified atom stereocenters. The lowest BCUT2D eigenvalue weighted by molar-refractivity contribution is -0.138. The van der Waals surface area contributed by atoms with Gasteiger partial charge < -0.3 is 5.32 Å². The van der Waals surface area contributed by atoms with Crippen LogP contribution in [-0.2, 0) is 6.18 Å². The number of hydrogen-bond donors (Lipinski definition) is 2. The Hall–Kier alpha value is -2.16. The molecule has 0 saturated heterocycles. The van der Waals surface area contributed by atoms with Gasteiger partial charge in [0, 0.05) is 15.5 Å². The molecule has 0 amide bonds. The summed E-state index contributed by atoms with van der Waals surface area (Å²) in [4.78, 5) is 0. The predicted octanol–water partition coefficient (Wildman–Crippen LogP) is 2.80. The van der Waals surface area contributed by atoms with Gasteiger partial charge in [0.1, 0.15) is 11.6 Å². The summed E-state index contributed by atoms with van der Waals surface area (Å²) in [6.45, 7) is 0. The van der Waals surface area contributed by atoms with E-state index in [2.05, 4.69) is 25.9 Å². The lowest BCUT2D eigenvalue weighted by atomic mass is 10.2. The zero-order valence-electron chi connectivity index (χ0n) is 10.1. The van der Waals surface area contributed by atoms with Crippen LogP contribution in [0.1, 0.15) is 11.4 Å². The molecule has 1 aromatic heterocycles. The minimum Gasteiger partial charge on any atom is -0.360 e. The monoisotopic (exact) mass is 406 g/mol. The molecule has 0 radical (unpaired) electrons. The van der Waals surface area contributed by atoms with Crippen LogP contribution in [-0.4, -0.2) is 20.6 Å². The van der Waals surface area contributed by atoms with E-state index in [0.29, 0.717) is 0 Å². The van der Waals surface area contributed by atoms with Crippen LogP contribution in [0.15, 0.2) is 24.4 Å². The number of nitrogens with zero attached hydrogens (tertiary/aromatic N) is 4. The standard InChI is InChI=1S/C11H6F3IN6/c12-11(13,14)8-3-7(1-2-9(8)15)17-5-6(4-16)10-18-20-21-19-10/h1-3,5,17H,(H,18,19,20,21). The minimum atomic E-state index is -4.44. The minimum absolute atomic E-state index is 0.0378. The number of aromatic amines is 1. The van der Waals surface area contributed by atoms with E-state index < -0.39 is 11.7 Å². The summed E-state index contributed by atoms with van der Waals surface area (Å²) in [5.41, 5.74) is -0.519. The quantitative estimate of drug-likeness (QED) is 0.605. The second-order valence-corrected chi connectivity index (χ2v) is 4.90. The topological polar surface area (TPSA) is 90.3 Å². The molecule has 0 atom stereocenters. The van der Waals surface area contributed by atoms with Crippen molar-refractivity contribution < 1.29 is 13.2 Å². The summed E-state index contributed by atoms with van der Waals surface area (Å²) in [6, 6.07) is 5.59. The summed E-state index contributed by atoms with van der Waals surface area (Å²) < 4.78 is 38.4. The number of nitriles is 1. The molecular formula is C11H6F3IN6. The van der Waals surface area contributed by atoms with Gasteiger partial charge in [0.25, 0.3) is 0 Å². The Morgan fingerprint density at radius 3 is 2.76 bits per heavy atom. The van der Waals surface area contributed by atoms with Crippen LogP contribution in [0.5, 0.6) is 0 Å². The Balaban J connectivity index is 2.27. The highest BCUT2D eigenvalue weighted by atomic mass is 127. The van der Waals surface area contributed by atoms with E-state index in [-0.39, 0.29) is 20.7 Å². The second kappa shape index (κ2) is 6.08. The lowest BCUT2D eigenvalue weighted by Gasteiger charge is -2.11. The van der Waals surface area contributed by atoms with Crippen LogP contribution in [0.25, 0.3) is 5.57 Å². The van der Waals surface area contributed by atoms with E-state index in [0.717, 1.165) is 6.07 Å². The average Bonchev–Trinajstić information content (AvgIpc) is 2.94. The molecule has 6 nitrogen and oxygen atoms in total. The highest BCUT2D eigenvalue weighted by molar-refractivity contribution is 14.1. The smallest absolute Gasteiger partial charge is 0.360 e. The van der Waals surface area contributed by atoms with Gasteiger partial charge in [-0.25, -0.2) is 0 Å². The molecule has 108 valence electrons. The van der Waals surface area contributed by atoms with Gasteiger partial charge in [0.05, 0.1) is 5.56 Å². The van der Waals surface area contributed by atoms with Gasteiger partial charge in [0.15, 0.2) is 0 Å². The van der Waals surface area contributed by atoms with Gasteiger partial charge >= 0.3 is 6.18 Å². The van der Waals surface area contributed by atoms with E-state index in [9.17, 15) is 13.2 Å². The Kier molecular flexibility index (Phi) is 4.41. The number of tetrazole rings is 1. The number of benzene rings is 1. The molecule has 0 bridgehead atoms. The molecule has 2 rings (SSSR count). The van der Waals surface area contributed by atoms with Crippen molar-refractivity contribution in [3.63, 3.8) is 0 Å². The van der Waals surface area contributed by atoms with E-state index in [1.54, 1.807) is 22.6 Å². The maximum Gasteiger partial charge on any atom is 0.417 e. The largest absolute Gasteiger partial charge is 0.417 e. The molecule has 1 heterocycles. The first kappa shape index (κ1) is 15.2. The molecular weight excluding hydrogens is 400 g/mol. The summed E-state index contributed by atoms with van der Waals surface area (Å²) >= 11 is 1.61. The Labute approximate surface area is 130 Å². The van der Waals surface area contributed by atoms with Gasteiger partial charge in [-0.3, -0.25) is 0 Å². The summed E-state index contributed by atoms with van der Waals surface area (Å²) in [6.07, 6.45) is -3.23. The van der Waals surface area contributed by atoms with E-state index >= 15 is 0 Å². The van der Waals surface area contributed by atoms with Crippen molar-refractivity contribution in [2.75, 3.05) is 5.32 Å². The van der Waals surface area contributed by atoms with Crippen molar-refractivity contribution >= 4 is 33.9 Å². The third-order valence-corrected chi connectivity index (χ3v) is 3.30. The normalized spacial score (nSPS) is 12.0. The van der Waals surface area contributed by atoms with Crippen LogP contribution >= 0.6 is 22.6 Å². The number of aromatic nitrogens is 4. The van der Waals surface area contributed by atoms with Crippen LogP contribution in [0.3, 0.4) is 0 Å². The molecule has 21 heavy (non-hydrogen) atoms. The zero-order chi connectivity index (χ0) is 15.5. The highest BCUT2D eigenvalue weighted by Gasteiger charge is 2.33. The number of hydrogen-bond acceptors (Lipinski definition) is 5. The van der Waals surface area contributed by atoms with Gasteiger partial charge in [0.2, 0.25) is 5.82 Å². The van der Waals surface area contributed by atoms with Crippen molar-refractivity contribution in [1.29, 1.82) is 5.26 Å². The number of H-pyrrole nitrogens is 1. The Morgan fingerprint density at radius 2 is 2.19 bits per heavy atom. The van der Waals surface area contributed by atoms with Crippen LogP contribution in [0.4, 0.5) is 18.9 Å². The van der Waals surface area contributed by atoms with Gasteiger partial charge in [-0.1, -0.05) is 0 Å². The number of nitrogens with one attached hydrogen (secondary N) is 2. The predicted molar refractivity (Wildman–Crippen MR) is 75.6 cm³/mol. The van der Waals surface area contributed by atoms with Crippen molar-refractivity contribution in [1.82, 2.24) is 20.6 Å². The molecule has 0 fully saturated rings. The summed E-state index contributed by atoms with van der Waals surface area (Å²) in [7, 11) is 0. The molecule has 0 spiro atoms. The fourth-order valence-corrected chi connectivity index (χ4v) is 2.05. The molecule has 2 aromatic rings. The van der Waals surface area contributed by atoms with E-state index in [4.69, 9.17) is 5.26 Å². The van der Waals surface area contributed by atoms with Crippen molar-refractivity contribution in [3.05, 3.63) is 39.4 Å². The van der Waals surface area contributed by atoms with E-state index in [1.165, 1.54) is 18.3 Å². The average molecular weight is 406 g/mol. The second-order valence-electron chi connectivity index (χ2n) is 3.74. The van der Waals surface area contributed by atoms with E-state index in [1.807, 2.05) is 6.07 Å². The number of allylic oxidation sites excluding steroid dienone is 1. The molecule has 0 aliphatic carbocycles.